The third-order valence-electron chi connectivity index (χ3n) is 6.96. The largest absolute Gasteiger partial charge is 0.454 e. The Balaban J connectivity index is 1.49. The molecule has 0 radical (unpaired) electrons. The minimum atomic E-state index is 0.890. The molecular weight excluding hydrogens is 426 g/mol. The van der Waals surface area contributed by atoms with Crippen molar-refractivity contribution in [2.24, 2.45) is 0 Å². The number of rotatable bonds is 3. The highest BCUT2D eigenvalue weighted by molar-refractivity contribution is 6.22. The van der Waals surface area contributed by atoms with Gasteiger partial charge in [-0.25, -0.2) is 0 Å². The fourth-order valence-corrected chi connectivity index (χ4v) is 5.31. The lowest BCUT2D eigenvalue weighted by Gasteiger charge is -2.15. The molecule has 0 saturated heterocycles. The SMILES string of the molecule is Cc1cccc2c1oc1c(Nc3ccccc3-c3cccc4ccccc34)cc3ccccc3c12. The van der Waals surface area contributed by atoms with Crippen LogP contribution in [0.3, 0.4) is 0 Å². The monoisotopic (exact) mass is 449 g/mol. The van der Waals surface area contributed by atoms with E-state index in [1.165, 1.54) is 27.1 Å². The van der Waals surface area contributed by atoms with E-state index in [-0.39, 0.29) is 0 Å². The third-order valence-corrected chi connectivity index (χ3v) is 6.96. The highest BCUT2D eigenvalue weighted by Gasteiger charge is 2.17. The first kappa shape index (κ1) is 19.9. The summed E-state index contributed by atoms with van der Waals surface area (Å²) in [6.45, 7) is 2.11. The number of anilines is 2. The summed E-state index contributed by atoms with van der Waals surface area (Å²) < 4.78 is 6.55. The lowest BCUT2D eigenvalue weighted by atomic mass is 9.96. The summed E-state index contributed by atoms with van der Waals surface area (Å²) in [7, 11) is 0. The van der Waals surface area contributed by atoms with Gasteiger partial charge in [0.25, 0.3) is 0 Å². The Hall–Kier alpha value is -4.56. The normalized spacial score (nSPS) is 11.6. The van der Waals surface area contributed by atoms with Crippen molar-refractivity contribution in [2.45, 2.75) is 6.92 Å². The van der Waals surface area contributed by atoms with Gasteiger partial charge >= 0.3 is 0 Å². The zero-order valence-corrected chi connectivity index (χ0v) is 19.4. The lowest BCUT2D eigenvalue weighted by molar-refractivity contribution is 0.667. The van der Waals surface area contributed by atoms with Crippen molar-refractivity contribution in [1.29, 1.82) is 0 Å². The predicted octanol–water partition coefficient (Wildman–Crippen LogP) is 9.61. The number of fused-ring (bicyclic) bond motifs is 6. The lowest BCUT2D eigenvalue weighted by Crippen LogP contribution is -1.95. The molecule has 0 bridgehead atoms. The van der Waals surface area contributed by atoms with Crippen LogP contribution in [0.2, 0.25) is 0 Å². The molecule has 7 rings (SSSR count). The quantitative estimate of drug-likeness (QED) is 0.290. The molecule has 0 aliphatic heterocycles. The molecule has 7 aromatic rings. The standard InChI is InChI=1S/C33H23NO/c1-21-10-8-18-28-31-25-15-5-3-12-23(25)20-30(33(31)35-32(21)28)34-29-19-7-6-16-27(29)26-17-9-13-22-11-2-4-14-24(22)26/h2-20,34H,1H3. The molecular formula is C33H23NO. The van der Waals surface area contributed by atoms with E-state index in [2.05, 4.69) is 128 Å². The Kier molecular flexibility index (Phi) is 4.40. The van der Waals surface area contributed by atoms with E-state index in [1.54, 1.807) is 0 Å². The maximum absolute atomic E-state index is 6.55. The smallest absolute Gasteiger partial charge is 0.159 e. The topological polar surface area (TPSA) is 25.2 Å². The number of benzene rings is 6. The van der Waals surface area contributed by atoms with E-state index in [9.17, 15) is 0 Å². The maximum atomic E-state index is 6.55. The van der Waals surface area contributed by atoms with Gasteiger partial charge in [-0.3, -0.25) is 0 Å². The predicted molar refractivity (Wildman–Crippen MR) is 149 cm³/mol. The summed E-state index contributed by atoms with van der Waals surface area (Å²) in [5, 5.41) is 10.9. The minimum absolute atomic E-state index is 0.890. The van der Waals surface area contributed by atoms with Gasteiger partial charge in [-0.1, -0.05) is 103 Å². The van der Waals surface area contributed by atoms with E-state index >= 15 is 0 Å². The summed E-state index contributed by atoms with van der Waals surface area (Å²) in [5.74, 6) is 0. The fourth-order valence-electron chi connectivity index (χ4n) is 5.31. The van der Waals surface area contributed by atoms with Crippen molar-refractivity contribution < 1.29 is 4.42 Å². The van der Waals surface area contributed by atoms with Crippen molar-refractivity contribution in [1.82, 2.24) is 0 Å². The van der Waals surface area contributed by atoms with E-state index in [1.807, 2.05) is 0 Å². The number of hydrogen-bond donors (Lipinski definition) is 1. The molecule has 1 aromatic heterocycles. The van der Waals surface area contributed by atoms with Gasteiger partial charge in [0.15, 0.2) is 5.58 Å². The molecule has 35 heavy (non-hydrogen) atoms. The summed E-state index contributed by atoms with van der Waals surface area (Å²) in [6, 6.07) is 40.7. The first-order valence-corrected chi connectivity index (χ1v) is 12.0. The van der Waals surface area contributed by atoms with Crippen LogP contribution in [0.4, 0.5) is 11.4 Å². The van der Waals surface area contributed by atoms with E-state index < -0.39 is 0 Å². The van der Waals surface area contributed by atoms with Crippen LogP contribution in [0.1, 0.15) is 5.56 Å². The zero-order chi connectivity index (χ0) is 23.4. The number of aryl methyl sites for hydroxylation is 1. The molecule has 166 valence electrons. The van der Waals surface area contributed by atoms with Gasteiger partial charge in [0.1, 0.15) is 5.58 Å². The Morgan fingerprint density at radius 1 is 0.514 bits per heavy atom. The summed E-state index contributed by atoms with van der Waals surface area (Å²) in [6.07, 6.45) is 0. The van der Waals surface area contributed by atoms with E-state index in [0.717, 1.165) is 44.4 Å². The molecule has 6 aromatic carbocycles. The van der Waals surface area contributed by atoms with Crippen LogP contribution in [-0.2, 0) is 0 Å². The highest BCUT2D eigenvalue weighted by atomic mass is 16.3. The van der Waals surface area contributed by atoms with Gasteiger partial charge < -0.3 is 9.73 Å². The van der Waals surface area contributed by atoms with Crippen LogP contribution < -0.4 is 5.32 Å². The van der Waals surface area contributed by atoms with Crippen LogP contribution in [0.5, 0.6) is 0 Å². The first-order valence-electron chi connectivity index (χ1n) is 12.0. The molecule has 0 fully saturated rings. The Bertz CT molecular complexity index is 1890. The Morgan fingerprint density at radius 3 is 2.09 bits per heavy atom. The second-order valence-electron chi connectivity index (χ2n) is 9.10. The van der Waals surface area contributed by atoms with Crippen LogP contribution in [0, 0.1) is 6.92 Å². The highest BCUT2D eigenvalue weighted by Crippen LogP contribution is 2.42. The maximum Gasteiger partial charge on any atom is 0.159 e. The third kappa shape index (κ3) is 3.11. The van der Waals surface area contributed by atoms with Crippen LogP contribution in [0.25, 0.3) is 54.6 Å². The molecule has 0 atom stereocenters. The Morgan fingerprint density at radius 2 is 1.17 bits per heavy atom. The molecule has 0 unspecified atom stereocenters. The summed E-state index contributed by atoms with van der Waals surface area (Å²) >= 11 is 0. The molecule has 2 nitrogen and oxygen atoms in total. The average molecular weight is 450 g/mol. The number of hydrogen-bond acceptors (Lipinski definition) is 2. The fraction of sp³-hybridized carbons (Fsp3) is 0.0303. The second kappa shape index (κ2) is 7.75. The van der Waals surface area contributed by atoms with Crippen LogP contribution >= 0.6 is 0 Å². The second-order valence-corrected chi connectivity index (χ2v) is 9.10. The van der Waals surface area contributed by atoms with Gasteiger partial charge in [0, 0.05) is 22.0 Å². The molecule has 0 aliphatic rings. The average Bonchev–Trinajstić information content (AvgIpc) is 3.31. The van der Waals surface area contributed by atoms with Crippen molar-refractivity contribution in [2.75, 3.05) is 5.32 Å². The van der Waals surface area contributed by atoms with Gasteiger partial charge in [-0.05, 0) is 51.7 Å². The summed E-state index contributed by atoms with van der Waals surface area (Å²) in [4.78, 5) is 0. The van der Waals surface area contributed by atoms with Crippen molar-refractivity contribution in [3.63, 3.8) is 0 Å². The first-order chi connectivity index (χ1) is 17.3. The van der Waals surface area contributed by atoms with Crippen molar-refractivity contribution in [3.05, 3.63) is 121 Å². The number of nitrogens with one attached hydrogen (secondary N) is 1. The molecule has 0 spiro atoms. The van der Waals surface area contributed by atoms with Gasteiger partial charge in [0.2, 0.25) is 0 Å². The van der Waals surface area contributed by atoms with Crippen molar-refractivity contribution >= 4 is 54.9 Å². The van der Waals surface area contributed by atoms with Crippen LogP contribution in [0.15, 0.2) is 120 Å². The zero-order valence-electron chi connectivity index (χ0n) is 19.4. The van der Waals surface area contributed by atoms with E-state index in [4.69, 9.17) is 4.42 Å². The molecule has 0 saturated carbocycles. The molecule has 1 heterocycles. The summed E-state index contributed by atoms with van der Waals surface area (Å²) in [5.41, 5.74) is 7.39. The van der Waals surface area contributed by atoms with Gasteiger partial charge in [0.05, 0.1) is 5.69 Å². The van der Waals surface area contributed by atoms with E-state index in [0.29, 0.717) is 0 Å². The minimum Gasteiger partial charge on any atom is -0.454 e. The Labute approximate surface area is 203 Å². The number of para-hydroxylation sites is 2. The number of furan rings is 1. The van der Waals surface area contributed by atoms with Gasteiger partial charge in [-0.2, -0.15) is 0 Å². The molecule has 0 amide bonds. The van der Waals surface area contributed by atoms with Crippen LogP contribution in [-0.4, -0.2) is 0 Å². The van der Waals surface area contributed by atoms with Crippen molar-refractivity contribution in [3.8, 4) is 11.1 Å². The molecule has 0 aliphatic carbocycles. The molecule has 2 heteroatoms. The van der Waals surface area contributed by atoms with Gasteiger partial charge in [-0.15, -0.1) is 0 Å². The molecule has 1 N–H and O–H groups in total.